The van der Waals surface area contributed by atoms with Crippen LogP contribution in [0.2, 0.25) is 5.02 Å². The van der Waals surface area contributed by atoms with Gasteiger partial charge in [0.15, 0.2) is 5.65 Å². The number of hydrogen-bond donors (Lipinski definition) is 0. The minimum atomic E-state index is 0.654. The zero-order valence-corrected chi connectivity index (χ0v) is 9.67. The van der Waals surface area contributed by atoms with Gasteiger partial charge in [0.25, 0.3) is 0 Å². The van der Waals surface area contributed by atoms with Gasteiger partial charge in [-0.2, -0.15) is 5.10 Å². The van der Waals surface area contributed by atoms with Crippen LogP contribution in [0.5, 0.6) is 0 Å². The maximum atomic E-state index is 5.95. The minimum Gasteiger partial charge on any atom is -0.244 e. The Hall–Kier alpha value is -1.94. The number of aromatic nitrogens is 4. The summed E-state index contributed by atoms with van der Waals surface area (Å²) in [5.74, 6) is 0. The number of rotatable bonds is 2. The second kappa shape index (κ2) is 4.14. The number of benzene rings is 1. The van der Waals surface area contributed by atoms with Crippen LogP contribution in [0.3, 0.4) is 0 Å². The molecule has 0 saturated heterocycles. The van der Waals surface area contributed by atoms with E-state index in [0.717, 1.165) is 21.6 Å². The van der Waals surface area contributed by atoms with Gasteiger partial charge in [-0.25, -0.2) is 14.6 Å². The van der Waals surface area contributed by atoms with E-state index in [0.29, 0.717) is 6.54 Å². The van der Waals surface area contributed by atoms with E-state index in [4.69, 9.17) is 11.6 Å². The Labute approximate surface area is 103 Å². The van der Waals surface area contributed by atoms with E-state index in [1.165, 1.54) is 6.33 Å². The molecule has 0 N–H and O–H groups in total. The molecule has 0 fully saturated rings. The number of nitrogens with zero attached hydrogens (tertiary/aromatic N) is 4. The van der Waals surface area contributed by atoms with Crippen molar-refractivity contribution in [2.45, 2.75) is 6.54 Å². The SMILES string of the molecule is Clc1cccc(Cn2ncc3cncnc32)c1. The molecule has 0 aliphatic heterocycles. The molecule has 3 aromatic rings. The van der Waals surface area contributed by atoms with E-state index in [9.17, 15) is 0 Å². The Kier molecular flexibility index (Phi) is 2.49. The maximum absolute atomic E-state index is 5.95. The molecule has 0 spiro atoms. The molecule has 2 heterocycles. The summed E-state index contributed by atoms with van der Waals surface area (Å²) in [6.45, 7) is 0.654. The first kappa shape index (κ1) is 10.2. The zero-order chi connectivity index (χ0) is 11.7. The van der Waals surface area contributed by atoms with Crippen molar-refractivity contribution in [2.75, 3.05) is 0 Å². The summed E-state index contributed by atoms with van der Waals surface area (Å²) in [7, 11) is 0. The van der Waals surface area contributed by atoms with Crippen LogP contribution in [-0.4, -0.2) is 19.7 Å². The Morgan fingerprint density at radius 3 is 3.06 bits per heavy atom. The monoisotopic (exact) mass is 244 g/mol. The fraction of sp³-hybridized carbons (Fsp3) is 0.0833. The average molecular weight is 245 g/mol. The first-order chi connectivity index (χ1) is 8.33. The molecule has 0 amide bonds. The lowest BCUT2D eigenvalue weighted by Gasteiger charge is -2.03. The molecule has 0 unspecified atom stereocenters. The van der Waals surface area contributed by atoms with Gasteiger partial charge in [0, 0.05) is 11.2 Å². The van der Waals surface area contributed by atoms with Gasteiger partial charge in [-0.15, -0.1) is 0 Å². The lowest BCUT2D eigenvalue weighted by Crippen LogP contribution is -2.02. The third kappa shape index (κ3) is 1.99. The highest BCUT2D eigenvalue weighted by atomic mass is 35.5. The van der Waals surface area contributed by atoms with Crippen molar-refractivity contribution in [3.05, 3.63) is 53.6 Å². The number of halogens is 1. The summed E-state index contributed by atoms with van der Waals surface area (Å²) in [6, 6.07) is 7.73. The molecule has 2 aromatic heterocycles. The third-order valence-electron chi connectivity index (χ3n) is 2.52. The van der Waals surface area contributed by atoms with E-state index < -0.39 is 0 Å². The topological polar surface area (TPSA) is 43.6 Å². The second-order valence-corrected chi connectivity index (χ2v) is 4.17. The third-order valence-corrected chi connectivity index (χ3v) is 2.76. The van der Waals surface area contributed by atoms with Gasteiger partial charge in [-0.05, 0) is 17.7 Å². The highest BCUT2D eigenvalue weighted by Crippen LogP contribution is 2.14. The van der Waals surface area contributed by atoms with Crippen molar-refractivity contribution in [3.8, 4) is 0 Å². The summed E-state index contributed by atoms with van der Waals surface area (Å²) >= 11 is 5.95. The van der Waals surface area contributed by atoms with Crippen LogP contribution in [0.15, 0.2) is 43.0 Å². The zero-order valence-electron chi connectivity index (χ0n) is 8.92. The lowest BCUT2D eigenvalue weighted by atomic mass is 10.2. The molecular formula is C12H9ClN4. The van der Waals surface area contributed by atoms with Gasteiger partial charge in [-0.3, -0.25) is 0 Å². The van der Waals surface area contributed by atoms with Gasteiger partial charge in [0.1, 0.15) is 6.33 Å². The summed E-state index contributed by atoms with van der Waals surface area (Å²) in [4.78, 5) is 8.18. The molecule has 0 aliphatic carbocycles. The van der Waals surface area contributed by atoms with Crippen LogP contribution in [0.25, 0.3) is 11.0 Å². The van der Waals surface area contributed by atoms with E-state index in [-0.39, 0.29) is 0 Å². The number of hydrogen-bond acceptors (Lipinski definition) is 3. The quantitative estimate of drug-likeness (QED) is 0.696. The smallest absolute Gasteiger partial charge is 0.161 e. The normalized spacial score (nSPS) is 10.9. The molecule has 3 rings (SSSR count). The average Bonchev–Trinajstić information content (AvgIpc) is 2.73. The molecule has 4 nitrogen and oxygen atoms in total. The number of fused-ring (bicyclic) bond motifs is 1. The Morgan fingerprint density at radius 2 is 2.18 bits per heavy atom. The highest BCUT2D eigenvalue weighted by molar-refractivity contribution is 6.30. The van der Waals surface area contributed by atoms with Crippen molar-refractivity contribution in [1.82, 2.24) is 19.7 Å². The van der Waals surface area contributed by atoms with Crippen LogP contribution in [0.1, 0.15) is 5.56 Å². The van der Waals surface area contributed by atoms with Crippen molar-refractivity contribution in [1.29, 1.82) is 0 Å². The predicted molar refractivity (Wildman–Crippen MR) is 65.9 cm³/mol. The molecule has 84 valence electrons. The van der Waals surface area contributed by atoms with Crippen molar-refractivity contribution in [2.24, 2.45) is 0 Å². The van der Waals surface area contributed by atoms with Gasteiger partial charge < -0.3 is 0 Å². The molecule has 17 heavy (non-hydrogen) atoms. The molecule has 1 aromatic carbocycles. The lowest BCUT2D eigenvalue weighted by molar-refractivity contribution is 0.703. The first-order valence-corrected chi connectivity index (χ1v) is 5.57. The second-order valence-electron chi connectivity index (χ2n) is 3.73. The van der Waals surface area contributed by atoms with Gasteiger partial charge in [0.05, 0.1) is 18.1 Å². The molecule has 0 atom stereocenters. The van der Waals surface area contributed by atoms with Gasteiger partial charge in [0.2, 0.25) is 0 Å². The van der Waals surface area contributed by atoms with Gasteiger partial charge >= 0.3 is 0 Å². The summed E-state index contributed by atoms with van der Waals surface area (Å²) in [5.41, 5.74) is 1.93. The predicted octanol–water partition coefficient (Wildman–Crippen LogP) is 2.53. The van der Waals surface area contributed by atoms with Crippen LogP contribution in [0, 0.1) is 0 Å². The van der Waals surface area contributed by atoms with Crippen LogP contribution >= 0.6 is 11.6 Å². The standard InChI is InChI=1S/C12H9ClN4/c13-11-3-1-2-9(4-11)7-17-12-10(6-16-17)5-14-8-15-12/h1-6,8H,7H2. The summed E-state index contributed by atoms with van der Waals surface area (Å²) in [6.07, 6.45) is 5.04. The Morgan fingerprint density at radius 1 is 1.24 bits per heavy atom. The maximum Gasteiger partial charge on any atom is 0.161 e. The van der Waals surface area contributed by atoms with Crippen molar-refractivity contribution < 1.29 is 0 Å². The minimum absolute atomic E-state index is 0.654. The Balaban J connectivity index is 2.00. The van der Waals surface area contributed by atoms with Crippen LogP contribution in [0.4, 0.5) is 0 Å². The van der Waals surface area contributed by atoms with Crippen molar-refractivity contribution in [3.63, 3.8) is 0 Å². The van der Waals surface area contributed by atoms with Crippen LogP contribution < -0.4 is 0 Å². The molecular weight excluding hydrogens is 236 g/mol. The van der Waals surface area contributed by atoms with E-state index >= 15 is 0 Å². The fourth-order valence-corrected chi connectivity index (χ4v) is 1.96. The van der Waals surface area contributed by atoms with E-state index in [1.54, 1.807) is 12.4 Å². The fourth-order valence-electron chi connectivity index (χ4n) is 1.75. The van der Waals surface area contributed by atoms with E-state index in [2.05, 4.69) is 15.1 Å². The molecule has 0 radical (unpaired) electrons. The van der Waals surface area contributed by atoms with Crippen molar-refractivity contribution >= 4 is 22.6 Å². The van der Waals surface area contributed by atoms with E-state index in [1.807, 2.05) is 28.9 Å². The highest BCUT2D eigenvalue weighted by Gasteiger charge is 2.04. The summed E-state index contributed by atoms with van der Waals surface area (Å²) in [5, 5.41) is 5.96. The molecule has 0 saturated carbocycles. The van der Waals surface area contributed by atoms with Crippen LogP contribution in [-0.2, 0) is 6.54 Å². The molecule has 0 bridgehead atoms. The Bertz CT molecular complexity index is 662. The summed E-state index contributed by atoms with van der Waals surface area (Å²) < 4.78 is 1.84. The largest absolute Gasteiger partial charge is 0.244 e. The molecule has 0 aliphatic rings. The molecule has 5 heteroatoms. The first-order valence-electron chi connectivity index (χ1n) is 5.19. The van der Waals surface area contributed by atoms with Gasteiger partial charge in [-0.1, -0.05) is 23.7 Å².